The number of benzene rings is 3. The molecule has 5 rings (SSSR count). The largest absolute Gasteiger partial charge is 0.477 e. The summed E-state index contributed by atoms with van der Waals surface area (Å²) < 4.78 is 7.43. The molecular weight excluding hydrogens is 376 g/mol. The second-order valence-corrected chi connectivity index (χ2v) is 7.76. The van der Waals surface area contributed by atoms with Crippen LogP contribution in [0.25, 0.3) is 21.7 Å². The average molecular weight is 400 g/mol. The van der Waals surface area contributed by atoms with Gasteiger partial charge in [0.05, 0.1) is 13.2 Å². The molecule has 5 nitrogen and oxygen atoms in total. The summed E-state index contributed by atoms with van der Waals surface area (Å²) >= 11 is 0. The minimum Gasteiger partial charge on any atom is -0.477 e. The highest BCUT2D eigenvalue weighted by atomic mass is 16.5. The fourth-order valence-corrected chi connectivity index (χ4v) is 4.53. The van der Waals surface area contributed by atoms with Crippen molar-refractivity contribution in [1.29, 1.82) is 0 Å². The van der Waals surface area contributed by atoms with E-state index in [2.05, 4.69) is 29.2 Å². The molecule has 30 heavy (non-hydrogen) atoms. The molecule has 1 aliphatic rings. The van der Waals surface area contributed by atoms with Gasteiger partial charge < -0.3 is 14.4 Å². The highest BCUT2D eigenvalue weighted by Gasteiger charge is 2.24. The van der Waals surface area contributed by atoms with Gasteiger partial charge in [-0.1, -0.05) is 60.7 Å². The Kier molecular flexibility index (Phi) is 4.99. The van der Waals surface area contributed by atoms with Gasteiger partial charge >= 0.3 is 5.97 Å². The number of fused-ring (bicyclic) bond motifs is 2. The summed E-state index contributed by atoms with van der Waals surface area (Å²) in [5.41, 5.74) is 3.36. The molecule has 0 aliphatic carbocycles. The number of hydrogen-bond acceptors (Lipinski definition) is 3. The Morgan fingerprint density at radius 1 is 0.867 bits per heavy atom. The van der Waals surface area contributed by atoms with E-state index in [0.717, 1.165) is 45.9 Å². The van der Waals surface area contributed by atoms with Gasteiger partial charge in [-0.05, 0) is 22.4 Å². The number of aromatic carboxylic acids is 1. The maximum atomic E-state index is 12.4. The molecule has 1 fully saturated rings. The van der Waals surface area contributed by atoms with Crippen LogP contribution in [-0.4, -0.2) is 46.8 Å². The van der Waals surface area contributed by atoms with E-state index in [1.807, 2.05) is 47.0 Å². The first kappa shape index (κ1) is 18.9. The van der Waals surface area contributed by atoms with Crippen molar-refractivity contribution in [3.05, 3.63) is 83.6 Å². The zero-order valence-corrected chi connectivity index (χ0v) is 16.8. The van der Waals surface area contributed by atoms with Crippen LogP contribution in [0.4, 0.5) is 0 Å². The topological polar surface area (TPSA) is 54.7 Å². The fraction of sp³-hybridized carbons (Fsp3) is 0.240. The molecule has 152 valence electrons. The molecule has 0 bridgehead atoms. The van der Waals surface area contributed by atoms with Crippen LogP contribution in [-0.2, 0) is 17.8 Å². The molecule has 0 saturated carbocycles. The quantitative estimate of drug-likeness (QED) is 0.540. The van der Waals surface area contributed by atoms with Crippen molar-refractivity contribution in [3.63, 3.8) is 0 Å². The SMILES string of the molecule is O=C(O)c1c(CN2CCOCC2)c2ccccc2n1Cc1cccc2ccccc12. The van der Waals surface area contributed by atoms with Gasteiger partial charge in [0.2, 0.25) is 0 Å². The Hall–Kier alpha value is -3.15. The Morgan fingerprint density at radius 2 is 1.57 bits per heavy atom. The van der Waals surface area contributed by atoms with E-state index in [4.69, 9.17) is 4.74 Å². The smallest absolute Gasteiger partial charge is 0.352 e. The van der Waals surface area contributed by atoms with Crippen molar-refractivity contribution >= 4 is 27.6 Å². The van der Waals surface area contributed by atoms with Crippen molar-refractivity contribution in [2.45, 2.75) is 13.1 Å². The fourth-order valence-electron chi connectivity index (χ4n) is 4.53. The maximum absolute atomic E-state index is 12.4. The Balaban J connectivity index is 1.65. The van der Waals surface area contributed by atoms with E-state index in [1.54, 1.807) is 0 Å². The van der Waals surface area contributed by atoms with Crippen molar-refractivity contribution in [2.75, 3.05) is 26.3 Å². The second kappa shape index (κ2) is 7.94. The predicted molar refractivity (Wildman–Crippen MR) is 118 cm³/mol. The molecule has 5 heteroatoms. The van der Waals surface area contributed by atoms with Crippen molar-refractivity contribution < 1.29 is 14.6 Å². The molecule has 3 aromatic carbocycles. The van der Waals surface area contributed by atoms with E-state index in [0.29, 0.717) is 32.0 Å². The number of rotatable bonds is 5. The first-order chi connectivity index (χ1) is 14.7. The number of carboxylic acid groups (broad SMARTS) is 1. The molecule has 0 spiro atoms. The van der Waals surface area contributed by atoms with Gasteiger partial charge in [0, 0.05) is 42.6 Å². The zero-order valence-electron chi connectivity index (χ0n) is 16.8. The lowest BCUT2D eigenvalue weighted by Crippen LogP contribution is -2.36. The van der Waals surface area contributed by atoms with Crippen LogP contribution in [0.1, 0.15) is 21.6 Å². The minimum atomic E-state index is -0.880. The van der Waals surface area contributed by atoms with Crippen LogP contribution >= 0.6 is 0 Å². The number of morpholine rings is 1. The molecule has 1 aromatic heterocycles. The van der Waals surface area contributed by atoms with Crippen molar-refractivity contribution in [1.82, 2.24) is 9.47 Å². The standard InChI is InChI=1S/C25H24N2O3/c28-25(29)24-22(17-26-12-14-30-15-13-26)21-10-3-4-11-23(21)27(24)16-19-8-5-7-18-6-1-2-9-20(18)19/h1-11H,12-17H2,(H,28,29). The number of ether oxygens (including phenoxy) is 1. The maximum Gasteiger partial charge on any atom is 0.352 e. The molecule has 1 N–H and O–H groups in total. The minimum absolute atomic E-state index is 0.385. The Bertz CT molecular complexity index is 1220. The van der Waals surface area contributed by atoms with Gasteiger partial charge in [-0.3, -0.25) is 4.90 Å². The number of para-hydroxylation sites is 1. The van der Waals surface area contributed by atoms with E-state index in [1.165, 1.54) is 0 Å². The van der Waals surface area contributed by atoms with Gasteiger partial charge in [-0.15, -0.1) is 0 Å². The first-order valence-corrected chi connectivity index (χ1v) is 10.3. The summed E-state index contributed by atoms with van der Waals surface area (Å²) in [4.78, 5) is 14.7. The van der Waals surface area contributed by atoms with E-state index in [-0.39, 0.29) is 0 Å². The van der Waals surface area contributed by atoms with Gasteiger partial charge in [0.15, 0.2) is 0 Å². The molecule has 0 amide bonds. The third-order valence-corrected chi connectivity index (χ3v) is 5.97. The van der Waals surface area contributed by atoms with Gasteiger partial charge in [-0.2, -0.15) is 0 Å². The summed E-state index contributed by atoms with van der Waals surface area (Å²) in [6.45, 7) is 4.17. The molecule has 0 atom stereocenters. The summed E-state index contributed by atoms with van der Waals surface area (Å²) in [7, 11) is 0. The highest BCUT2D eigenvalue weighted by Crippen LogP contribution is 2.30. The molecule has 4 aromatic rings. The van der Waals surface area contributed by atoms with Gasteiger partial charge in [0.25, 0.3) is 0 Å². The normalized spacial score (nSPS) is 15.1. The van der Waals surface area contributed by atoms with Gasteiger partial charge in [-0.25, -0.2) is 4.79 Å². The average Bonchev–Trinajstić information content (AvgIpc) is 3.08. The van der Waals surface area contributed by atoms with Crippen LogP contribution in [0.5, 0.6) is 0 Å². The number of hydrogen-bond donors (Lipinski definition) is 1. The van der Waals surface area contributed by atoms with Crippen LogP contribution in [0, 0.1) is 0 Å². The van der Waals surface area contributed by atoms with Crippen LogP contribution in [0.3, 0.4) is 0 Å². The molecule has 1 aliphatic heterocycles. The van der Waals surface area contributed by atoms with E-state index >= 15 is 0 Å². The lowest BCUT2D eigenvalue weighted by atomic mass is 10.0. The third-order valence-electron chi connectivity index (χ3n) is 5.97. The molecular formula is C25H24N2O3. The summed E-state index contributed by atoms with van der Waals surface area (Å²) in [5.74, 6) is -0.880. The lowest BCUT2D eigenvalue weighted by Gasteiger charge is -2.26. The van der Waals surface area contributed by atoms with Crippen LogP contribution in [0.15, 0.2) is 66.7 Å². The zero-order chi connectivity index (χ0) is 20.5. The van der Waals surface area contributed by atoms with Crippen molar-refractivity contribution in [2.24, 2.45) is 0 Å². The highest BCUT2D eigenvalue weighted by molar-refractivity contribution is 5.98. The van der Waals surface area contributed by atoms with Gasteiger partial charge in [0.1, 0.15) is 5.69 Å². The summed E-state index contributed by atoms with van der Waals surface area (Å²) in [6, 6.07) is 22.5. The first-order valence-electron chi connectivity index (χ1n) is 10.3. The Morgan fingerprint density at radius 3 is 2.37 bits per heavy atom. The molecule has 0 radical (unpaired) electrons. The second-order valence-electron chi connectivity index (χ2n) is 7.76. The van der Waals surface area contributed by atoms with Crippen molar-refractivity contribution in [3.8, 4) is 0 Å². The van der Waals surface area contributed by atoms with E-state index in [9.17, 15) is 9.90 Å². The molecule has 1 saturated heterocycles. The van der Waals surface area contributed by atoms with Crippen LogP contribution in [0.2, 0.25) is 0 Å². The lowest BCUT2D eigenvalue weighted by molar-refractivity contribution is 0.0340. The number of aromatic nitrogens is 1. The number of nitrogens with zero attached hydrogens (tertiary/aromatic N) is 2. The van der Waals surface area contributed by atoms with Crippen LogP contribution < -0.4 is 0 Å². The third kappa shape index (κ3) is 3.36. The summed E-state index contributed by atoms with van der Waals surface area (Å²) in [6.07, 6.45) is 0. The van der Waals surface area contributed by atoms with E-state index < -0.39 is 5.97 Å². The summed E-state index contributed by atoms with van der Waals surface area (Å²) in [5, 5.41) is 13.5. The predicted octanol–water partition coefficient (Wildman–Crippen LogP) is 4.37. The number of carboxylic acids is 1. The molecule has 2 heterocycles. The monoisotopic (exact) mass is 400 g/mol. The molecule has 0 unspecified atom stereocenters. The number of carbonyl (C=O) groups is 1. The Labute approximate surface area is 175 Å².